The summed E-state index contributed by atoms with van der Waals surface area (Å²) >= 11 is 1.98. The van der Waals surface area contributed by atoms with Crippen LogP contribution in [0.3, 0.4) is 0 Å². The largest absolute Gasteiger partial charge is 0.339 e. The number of rotatable bonds is 5. The van der Waals surface area contributed by atoms with Crippen molar-refractivity contribution in [3.63, 3.8) is 0 Å². The molecule has 2 saturated carbocycles. The minimum absolute atomic E-state index is 0.411. The maximum Gasteiger partial charge on any atom is 0.224 e. The quantitative estimate of drug-likeness (QED) is 0.846. The molecule has 0 aromatic rings. The second-order valence-corrected chi connectivity index (χ2v) is 7.86. The highest BCUT2D eigenvalue weighted by Crippen LogP contribution is 2.32. The zero-order valence-electron chi connectivity index (χ0n) is 12.5. The Labute approximate surface area is 127 Å². The smallest absolute Gasteiger partial charge is 0.224 e. The van der Waals surface area contributed by atoms with Gasteiger partial charge in [0.1, 0.15) is 0 Å². The number of hydrogen-bond donors (Lipinski definition) is 1. The molecule has 0 aromatic carbocycles. The first-order chi connectivity index (χ1) is 9.83. The molecule has 20 heavy (non-hydrogen) atoms. The van der Waals surface area contributed by atoms with E-state index in [0.717, 1.165) is 31.2 Å². The third-order valence-electron chi connectivity index (χ3n) is 4.91. The van der Waals surface area contributed by atoms with Gasteiger partial charge < -0.3 is 10.2 Å². The van der Waals surface area contributed by atoms with Crippen molar-refractivity contribution >= 4 is 17.7 Å². The van der Waals surface area contributed by atoms with Crippen LogP contribution in [0, 0.1) is 5.92 Å². The van der Waals surface area contributed by atoms with E-state index in [2.05, 4.69) is 10.2 Å². The van der Waals surface area contributed by atoms with Crippen LogP contribution >= 0.6 is 11.8 Å². The minimum atomic E-state index is 0.411. The molecule has 1 unspecified atom stereocenters. The molecule has 1 aliphatic heterocycles. The van der Waals surface area contributed by atoms with Gasteiger partial charge >= 0.3 is 0 Å². The first kappa shape index (κ1) is 14.7. The van der Waals surface area contributed by atoms with Crippen LogP contribution in [-0.2, 0) is 4.79 Å². The Morgan fingerprint density at radius 2 is 1.95 bits per heavy atom. The molecule has 0 radical (unpaired) electrons. The monoisotopic (exact) mass is 296 g/mol. The number of nitrogens with zero attached hydrogens (tertiary/aromatic N) is 1. The lowest BCUT2D eigenvalue weighted by atomic mass is 9.89. The molecule has 1 heterocycles. The molecular weight excluding hydrogens is 268 g/mol. The van der Waals surface area contributed by atoms with Crippen molar-refractivity contribution < 1.29 is 4.79 Å². The Morgan fingerprint density at radius 3 is 2.60 bits per heavy atom. The van der Waals surface area contributed by atoms with Gasteiger partial charge in [0.05, 0.1) is 0 Å². The van der Waals surface area contributed by atoms with E-state index in [9.17, 15) is 4.79 Å². The third kappa shape index (κ3) is 4.14. The van der Waals surface area contributed by atoms with Gasteiger partial charge in [-0.1, -0.05) is 19.3 Å². The molecule has 0 spiro atoms. The molecule has 1 saturated heterocycles. The Hall–Kier alpha value is -0.220. The van der Waals surface area contributed by atoms with E-state index in [1.54, 1.807) is 0 Å². The normalized spacial score (nSPS) is 28.3. The van der Waals surface area contributed by atoms with Crippen molar-refractivity contribution in [1.29, 1.82) is 0 Å². The van der Waals surface area contributed by atoms with E-state index in [4.69, 9.17) is 0 Å². The maximum atomic E-state index is 12.6. The molecule has 3 nitrogen and oxygen atoms in total. The van der Waals surface area contributed by atoms with Crippen molar-refractivity contribution in [2.75, 3.05) is 24.6 Å². The van der Waals surface area contributed by atoms with Gasteiger partial charge in [-0.3, -0.25) is 4.79 Å². The first-order valence-electron chi connectivity index (χ1n) is 8.43. The first-order valence-corrected chi connectivity index (χ1v) is 9.59. The molecule has 0 bridgehead atoms. The Morgan fingerprint density at radius 1 is 1.15 bits per heavy atom. The Bertz CT molecular complexity index is 320. The second kappa shape index (κ2) is 7.17. The van der Waals surface area contributed by atoms with E-state index >= 15 is 0 Å². The average molecular weight is 296 g/mol. The van der Waals surface area contributed by atoms with Crippen LogP contribution in [0.4, 0.5) is 0 Å². The summed E-state index contributed by atoms with van der Waals surface area (Å²) in [6.45, 7) is 2.11. The highest BCUT2D eigenvalue weighted by molar-refractivity contribution is 7.99. The summed E-state index contributed by atoms with van der Waals surface area (Å²) < 4.78 is 0. The predicted molar refractivity (Wildman–Crippen MR) is 85.0 cm³/mol. The number of amides is 1. The summed E-state index contributed by atoms with van der Waals surface area (Å²) in [5, 5.41) is 3.50. The van der Waals surface area contributed by atoms with Crippen LogP contribution in [0.5, 0.6) is 0 Å². The van der Waals surface area contributed by atoms with E-state index in [1.807, 2.05) is 11.8 Å². The molecular formula is C16H28N2OS. The number of thioether (sulfide) groups is 1. The molecule has 4 heteroatoms. The Kier molecular flexibility index (Phi) is 5.27. The number of carbonyl (C=O) groups is 1. The predicted octanol–water partition coefficient (Wildman–Crippen LogP) is 2.65. The molecule has 1 amide bonds. The lowest BCUT2D eigenvalue weighted by Crippen LogP contribution is -2.44. The molecule has 0 aromatic heterocycles. The fourth-order valence-corrected chi connectivity index (χ4v) is 4.52. The Balaban J connectivity index is 1.51. The standard InChI is InChI=1S/C16H28N2OS/c19-16(10-14-12-20-9-8-17-14)18(15-6-7-15)11-13-4-2-1-3-5-13/h13-15,17H,1-12H2. The fourth-order valence-electron chi connectivity index (χ4n) is 3.57. The molecule has 1 atom stereocenters. The van der Waals surface area contributed by atoms with E-state index in [0.29, 0.717) is 18.0 Å². The summed E-state index contributed by atoms with van der Waals surface area (Å²) in [7, 11) is 0. The maximum absolute atomic E-state index is 12.6. The van der Waals surface area contributed by atoms with Crippen LogP contribution < -0.4 is 5.32 Å². The summed E-state index contributed by atoms with van der Waals surface area (Å²) in [4.78, 5) is 14.9. The van der Waals surface area contributed by atoms with Gasteiger partial charge in [-0.25, -0.2) is 0 Å². The zero-order valence-corrected chi connectivity index (χ0v) is 13.3. The van der Waals surface area contributed by atoms with Gasteiger partial charge in [-0.05, 0) is 31.6 Å². The summed E-state index contributed by atoms with van der Waals surface area (Å²) in [6.07, 6.45) is 10.0. The van der Waals surface area contributed by atoms with Gasteiger partial charge in [0, 0.05) is 43.1 Å². The molecule has 3 rings (SSSR count). The molecule has 3 fully saturated rings. The highest BCUT2D eigenvalue weighted by Gasteiger charge is 2.35. The minimum Gasteiger partial charge on any atom is -0.339 e. The van der Waals surface area contributed by atoms with Crippen LogP contribution in [0.2, 0.25) is 0 Å². The topological polar surface area (TPSA) is 32.3 Å². The van der Waals surface area contributed by atoms with Gasteiger partial charge in [0.15, 0.2) is 0 Å². The number of nitrogens with one attached hydrogen (secondary N) is 1. The number of hydrogen-bond acceptors (Lipinski definition) is 3. The van der Waals surface area contributed by atoms with Gasteiger partial charge in [0.25, 0.3) is 0 Å². The van der Waals surface area contributed by atoms with Crippen molar-refractivity contribution in [3.8, 4) is 0 Å². The van der Waals surface area contributed by atoms with Crippen molar-refractivity contribution in [2.45, 2.75) is 63.5 Å². The van der Waals surface area contributed by atoms with Gasteiger partial charge in [-0.15, -0.1) is 0 Å². The van der Waals surface area contributed by atoms with Gasteiger partial charge in [0.2, 0.25) is 5.91 Å². The third-order valence-corrected chi connectivity index (χ3v) is 6.04. The summed E-state index contributed by atoms with van der Waals surface area (Å²) in [6, 6.07) is 0.995. The van der Waals surface area contributed by atoms with Crippen LogP contribution in [0.15, 0.2) is 0 Å². The SMILES string of the molecule is O=C(CC1CSCCN1)N(CC1CCCCC1)C1CC1. The van der Waals surface area contributed by atoms with E-state index in [-0.39, 0.29) is 0 Å². The van der Waals surface area contributed by atoms with Crippen LogP contribution in [0.1, 0.15) is 51.4 Å². The summed E-state index contributed by atoms with van der Waals surface area (Å²) in [5.74, 6) is 3.49. The second-order valence-electron chi connectivity index (χ2n) is 6.71. The lowest BCUT2D eigenvalue weighted by Gasteiger charge is -2.32. The molecule has 114 valence electrons. The van der Waals surface area contributed by atoms with Crippen LogP contribution in [-0.4, -0.2) is 47.5 Å². The van der Waals surface area contributed by atoms with Crippen molar-refractivity contribution in [2.24, 2.45) is 5.92 Å². The fraction of sp³-hybridized carbons (Fsp3) is 0.938. The van der Waals surface area contributed by atoms with E-state index < -0.39 is 0 Å². The highest BCUT2D eigenvalue weighted by atomic mass is 32.2. The van der Waals surface area contributed by atoms with Crippen LogP contribution in [0.25, 0.3) is 0 Å². The summed E-state index contributed by atoms with van der Waals surface area (Å²) in [5.41, 5.74) is 0. The number of carbonyl (C=O) groups excluding carboxylic acids is 1. The van der Waals surface area contributed by atoms with Gasteiger partial charge in [-0.2, -0.15) is 11.8 Å². The van der Waals surface area contributed by atoms with Crippen molar-refractivity contribution in [1.82, 2.24) is 10.2 Å². The lowest BCUT2D eigenvalue weighted by molar-refractivity contribution is -0.133. The molecule has 1 N–H and O–H groups in total. The van der Waals surface area contributed by atoms with E-state index in [1.165, 1.54) is 50.7 Å². The molecule has 3 aliphatic rings. The molecule has 2 aliphatic carbocycles. The average Bonchev–Trinajstić information content (AvgIpc) is 3.31. The zero-order chi connectivity index (χ0) is 13.8. The van der Waals surface area contributed by atoms with Crippen molar-refractivity contribution in [3.05, 3.63) is 0 Å².